The Labute approximate surface area is 116 Å². The van der Waals surface area contributed by atoms with Gasteiger partial charge in [-0.15, -0.1) is 0 Å². The molecule has 2 aliphatic heterocycles. The maximum Gasteiger partial charge on any atom is 0.224 e. The second-order valence-electron chi connectivity index (χ2n) is 5.66. The third kappa shape index (κ3) is 3.91. The first-order valence-corrected chi connectivity index (χ1v) is 7.49. The molecular weight excluding hydrogens is 242 g/mol. The van der Waals surface area contributed by atoms with Crippen molar-refractivity contribution in [1.29, 1.82) is 0 Å². The highest BCUT2D eigenvalue weighted by atomic mass is 16.5. The number of methoxy groups -OCH3 is 1. The molecule has 0 bridgehead atoms. The van der Waals surface area contributed by atoms with E-state index in [-0.39, 0.29) is 18.1 Å². The first-order chi connectivity index (χ1) is 9.24. The molecule has 0 spiro atoms. The highest BCUT2D eigenvalue weighted by Gasteiger charge is 2.30. The Balaban J connectivity index is 1.79. The summed E-state index contributed by atoms with van der Waals surface area (Å²) < 4.78 is 5.39. The Morgan fingerprint density at radius 2 is 2.05 bits per heavy atom. The molecule has 1 amide bonds. The van der Waals surface area contributed by atoms with E-state index in [0.717, 1.165) is 39.0 Å². The van der Waals surface area contributed by atoms with Gasteiger partial charge in [-0.2, -0.15) is 0 Å². The third-order valence-electron chi connectivity index (χ3n) is 4.43. The molecule has 2 saturated heterocycles. The van der Waals surface area contributed by atoms with Crippen molar-refractivity contribution >= 4 is 5.91 Å². The minimum atomic E-state index is 0.157. The SMILES string of the molecule is COC1CCN(C(=O)CCN2CCCC2)C(CN)C1. The first-order valence-electron chi connectivity index (χ1n) is 7.49. The average Bonchev–Trinajstić information content (AvgIpc) is 2.97. The van der Waals surface area contributed by atoms with Crippen molar-refractivity contribution < 1.29 is 9.53 Å². The fourth-order valence-electron chi connectivity index (χ4n) is 3.18. The standard InChI is InChI=1S/C14H27N3O2/c1-19-13-4-9-17(12(10-13)11-15)14(18)5-8-16-6-2-3-7-16/h12-13H,2-11,15H2,1H3. The smallest absolute Gasteiger partial charge is 0.224 e. The summed E-state index contributed by atoms with van der Waals surface area (Å²) in [6.45, 7) is 4.54. The Morgan fingerprint density at radius 1 is 1.32 bits per heavy atom. The van der Waals surface area contributed by atoms with Crippen LogP contribution < -0.4 is 5.73 Å². The zero-order valence-corrected chi connectivity index (χ0v) is 12.0. The van der Waals surface area contributed by atoms with Gasteiger partial charge in [-0.05, 0) is 38.8 Å². The van der Waals surface area contributed by atoms with Crippen LogP contribution in [0.1, 0.15) is 32.1 Å². The molecule has 0 aliphatic carbocycles. The van der Waals surface area contributed by atoms with Gasteiger partial charge in [0.15, 0.2) is 0 Å². The van der Waals surface area contributed by atoms with Crippen molar-refractivity contribution in [3.8, 4) is 0 Å². The van der Waals surface area contributed by atoms with Crippen molar-refractivity contribution in [2.24, 2.45) is 5.73 Å². The van der Waals surface area contributed by atoms with E-state index in [9.17, 15) is 4.79 Å². The Morgan fingerprint density at radius 3 is 2.68 bits per heavy atom. The van der Waals surface area contributed by atoms with Gasteiger partial charge in [0, 0.05) is 39.2 Å². The van der Waals surface area contributed by atoms with Gasteiger partial charge in [0.25, 0.3) is 0 Å². The lowest BCUT2D eigenvalue weighted by Crippen LogP contribution is -2.51. The summed E-state index contributed by atoms with van der Waals surface area (Å²) in [7, 11) is 1.74. The van der Waals surface area contributed by atoms with Gasteiger partial charge in [0.1, 0.15) is 0 Å². The minimum absolute atomic E-state index is 0.157. The zero-order chi connectivity index (χ0) is 13.7. The summed E-state index contributed by atoms with van der Waals surface area (Å²) in [6.07, 6.45) is 5.26. The third-order valence-corrected chi connectivity index (χ3v) is 4.43. The number of rotatable bonds is 5. The molecule has 0 aromatic rings. The number of hydrogen-bond donors (Lipinski definition) is 1. The molecule has 2 N–H and O–H groups in total. The van der Waals surface area contributed by atoms with E-state index in [1.54, 1.807) is 7.11 Å². The second kappa shape index (κ2) is 7.22. The molecule has 19 heavy (non-hydrogen) atoms. The Bertz CT molecular complexity index is 292. The lowest BCUT2D eigenvalue weighted by molar-refractivity contribution is -0.137. The molecule has 2 unspecified atom stereocenters. The highest BCUT2D eigenvalue weighted by molar-refractivity contribution is 5.76. The molecule has 2 atom stereocenters. The van der Waals surface area contributed by atoms with Crippen molar-refractivity contribution in [3.63, 3.8) is 0 Å². The van der Waals surface area contributed by atoms with Crippen LogP contribution in [0.5, 0.6) is 0 Å². The molecule has 110 valence electrons. The largest absolute Gasteiger partial charge is 0.381 e. The predicted octanol–water partition coefficient (Wildman–Crippen LogP) is 0.437. The summed E-state index contributed by atoms with van der Waals surface area (Å²) in [6, 6.07) is 0.157. The van der Waals surface area contributed by atoms with Crippen molar-refractivity contribution in [2.45, 2.75) is 44.2 Å². The van der Waals surface area contributed by atoms with E-state index >= 15 is 0 Å². The number of carbonyl (C=O) groups is 1. The van der Waals surface area contributed by atoms with Gasteiger partial charge in [-0.25, -0.2) is 0 Å². The van der Waals surface area contributed by atoms with Crippen molar-refractivity contribution in [2.75, 3.05) is 39.8 Å². The number of nitrogens with zero attached hydrogens (tertiary/aromatic N) is 2. The molecule has 2 aliphatic rings. The zero-order valence-electron chi connectivity index (χ0n) is 12.0. The molecule has 5 heteroatoms. The molecule has 5 nitrogen and oxygen atoms in total. The highest BCUT2D eigenvalue weighted by Crippen LogP contribution is 2.20. The van der Waals surface area contributed by atoms with Crippen LogP contribution in [0.2, 0.25) is 0 Å². The van der Waals surface area contributed by atoms with Crippen LogP contribution in [0, 0.1) is 0 Å². The number of amides is 1. The van der Waals surface area contributed by atoms with Crippen LogP contribution in [-0.4, -0.2) is 67.7 Å². The van der Waals surface area contributed by atoms with Gasteiger partial charge in [-0.3, -0.25) is 4.79 Å². The van der Waals surface area contributed by atoms with E-state index in [0.29, 0.717) is 13.0 Å². The molecule has 0 aromatic carbocycles. The minimum Gasteiger partial charge on any atom is -0.381 e. The molecule has 0 aromatic heterocycles. The van der Waals surface area contributed by atoms with Crippen LogP contribution in [-0.2, 0) is 9.53 Å². The van der Waals surface area contributed by atoms with E-state index in [1.807, 2.05) is 4.90 Å². The number of hydrogen-bond acceptors (Lipinski definition) is 4. The van der Waals surface area contributed by atoms with Gasteiger partial charge in [0.2, 0.25) is 5.91 Å². The van der Waals surface area contributed by atoms with E-state index in [2.05, 4.69) is 4.90 Å². The van der Waals surface area contributed by atoms with Crippen molar-refractivity contribution in [1.82, 2.24) is 9.80 Å². The molecule has 0 saturated carbocycles. The molecule has 0 radical (unpaired) electrons. The van der Waals surface area contributed by atoms with Crippen LogP contribution in [0.4, 0.5) is 0 Å². The number of piperidine rings is 1. The molecular formula is C14H27N3O2. The summed E-state index contributed by atoms with van der Waals surface area (Å²) >= 11 is 0. The summed E-state index contributed by atoms with van der Waals surface area (Å²) in [5.41, 5.74) is 5.81. The summed E-state index contributed by atoms with van der Waals surface area (Å²) in [4.78, 5) is 16.7. The quantitative estimate of drug-likeness (QED) is 0.786. The van der Waals surface area contributed by atoms with E-state index in [4.69, 9.17) is 10.5 Å². The summed E-state index contributed by atoms with van der Waals surface area (Å²) in [5, 5.41) is 0. The normalized spacial score (nSPS) is 28.8. The maximum atomic E-state index is 12.3. The number of likely N-dealkylation sites (tertiary alicyclic amines) is 2. The van der Waals surface area contributed by atoms with Crippen LogP contribution in [0.15, 0.2) is 0 Å². The number of carbonyl (C=O) groups excluding carboxylic acids is 1. The van der Waals surface area contributed by atoms with Gasteiger partial charge >= 0.3 is 0 Å². The van der Waals surface area contributed by atoms with Crippen LogP contribution in [0.3, 0.4) is 0 Å². The Hall–Kier alpha value is -0.650. The lowest BCUT2D eigenvalue weighted by Gasteiger charge is -2.38. The summed E-state index contributed by atoms with van der Waals surface area (Å²) in [5.74, 6) is 0.261. The van der Waals surface area contributed by atoms with Gasteiger partial charge < -0.3 is 20.3 Å². The Kier molecular flexibility index (Phi) is 5.60. The first kappa shape index (κ1) is 14.8. The van der Waals surface area contributed by atoms with Gasteiger partial charge in [0.05, 0.1) is 6.10 Å². The lowest BCUT2D eigenvalue weighted by atomic mass is 9.99. The monoisotopic (exact) mass is 269 g/mol. The number of nitrogens with two attached hydrogens (primary N) is 1. The average molecular weight is 269 g/mol. The van der Waals surface area contributed by atoms with Gasteiger partial charge in [-0.1, -0.05) is 0 Å². The predicted molar refractivity (Wildman–Crippen MR) is 74.9 cm³/mol. The van der Waals surface area contributed by atoms with Crippen molar-refractivity contribution in [3.05, 3.63) is 0 Å². The maximum absolute atomic E-state index is 12.3. The van der Waals surface area contributed by atoms with E-state index < -0.39 is 0 Å². The topological polar surface area (TPSA) is 58.8 Å². The van der Waals surface area contributed by atoms with Crippen LogP contribution in [0.25, 0.3) is 0 Å². The fourth-order valence-corrected chi connectivity index (χ4v) is 3.18. The molecule has 2 heterocycles. The number of ether oxygens (including phenoxy) is 1. The molecule has 2 rings (SSSR count). The van der Waals surface area contributed by atoms with E-state index in [1.165, 1.54) is 12.8 Å². The second-order valence-corrected chi connectivity index (χ2v) is 5.66. The van der Waals surface area contributed by atoms with Crippen LogP contribution >= 0.6 is 0 Å². The molecule has 2 fully saturated rings. The fraction of sp³-hybridized carbons (Fsp3) is 0.929.